The molecular formula is C31H40N4S2. The molecule has 37 heavy (non-hydrogen) atoms. The topological polar surface area (TPSA) is 49.8 Å². The molecule has 6 heteroatoms. The van der Waals surface area contributed by atoms with E-state index in [0.29, 0.717) is 0 Å². The number of aromatic nitrogens is 2. The lowest BCUT2D eigenvalue weighted by Gasteiger charge is -2.20. The van der Waals surface area contributed by atoms with Crippen molar-refractivity contribution in [3.8, 4) is 0 Å². The van der Waals surface area contributed by atoms with Gasteiger partial charge in [-0.2, -0.15) is 0 Å². The highest BCUT2D eigenvalue weighted by Gasteiger charge is 2.19. The van der Waals surface area contributed by atoms with Crippen LogP contribution in [0.5, 0.6) is 0 Å². The zero-order valence-corrected chi connectivity index (χ0v) is 23.7. The number of thiophene rings is 2. The van der Waals surface area contributed by atoms with Crippen molar-refractivity contribution < 1.29 is 0 Å². The quantitative estimate of drug-likeness (QED) is 0.179. The van der Waals surface area contributed by atoms with Gasteiger partial charge in [0.25, 0.3) is 0 Å². The van der Waals surface area contributed by atoms with Gasteiger partial charge in [0.1, 0.15) is 9.66 Å². The number of unbranched alkanes of at least 4 members (excludes halogenated alkanes) is 6. The molecule has 4 aromatic rings. The number of rotatable bonds is 12. The molecule has 0 amide bonds. The molecule has 2 aliphatic carbocycles. The fraction of sp³-hybridized carbons (Fsp3) is 0.548. The summed E-state index contributed by atoms with van der Waals surface area (Å²) < 4.78 is 0. The highest BCUT2D eigenvalue weighted by Crippen LogP contribution is 2.36. The van der Waals surface area contributed by atoms with Crippen molar-refractivity contribution in [2.45, 2.75) is 96.3 Å². The van der Waals surface area contributed by atoms with Crippen molar-refractivity contribution in [2.75, 3.05) is 23.7 Å². The third kappa shape index (κ3) is 5.65. The van der Waals surface area contributed by atoms with E-state index in [4.69, 9.17) is 9.97 Å². The van der Waals surface area contributed by atoms with Crippen LogP contribution in [-0.2, 0) is 25.7 Å². The minimum atomic E-state index is 1.08. The van der Waals surface area contributed by atoms with Gasteiger partial charge in [0.05, 0.1) is 0 Å². The Kier molecular flexibility index (Phi) is 8.23. The first-order chi connectivity index (χ1) is 18.4. The molecule has 0 bridgehead atoms. The monoisotopic (exact) mass is 532 g/mol. The van der Waals surface area contributed by atoms with E-state index in [1.807, 2.05) is 0 Å². The van der Waals surface area contributed by atoms with Gasteiger partial charge in [-0.3, -0.25) is 0 Å². The molecule has 0 fully saturated rings. The third-order valence-electron chi connectivity index (χ3n) is 8.24. The summed E-state index contributed by atoms with van der Waals surface area (Å²) in [5, 5.41) is 14.7. The maximum absolute atomic E-state index is 4.95. The van der Waals surface area contributed by atoms with E-state index in [1.165, 1.54) is 138 Å². The number of fused-ring (bicyclic) bond motifs is 4. The molecule has 4 nitrogen and oxygen atoms in total. The fourth-order valence-corrected chi connectivity index (χ4v) is 7.84. The number of nitrogens with one attached hydrogen (secondary N) is 2. The lowest BCUT2D eigenvalue weighted by Crippen LogP contribution is -2.11. The van der Waals surface area contributed by atoms with Gasteiger partial charge in [0.2, 0.25) is 0 Å². The SMILES string of the molecule is c1cc2c(NCCCCCCCCCNc3c4c(nc5sccc35)CCCC4)c3c(nc2s1)CCCC3. The van der Waals surface area contributed by atoms with Crippen LogP contribution in [0.3, 0.4) is 0 Å². The molecule has 4 heterocycles. The van der Waals surface area contributed by atoms with Gasteiger partial charge in [-0.1, -0.05) is 32.1 Å². The molecule has 0 spiro atoms. The average Bonchev–Trinajstić information content (AvgIpc) is 3.60. The van der Waals surface area contributed by atoms with Crippen LogP contribution < -0.4 is 10.6 Å². The van der Waals surface area contributed by atoms with Crippen LogP contribution in [-0.4, -0.2) is 23.1 Å². The van der Waals surface area contributed by atoms with Gasteiger partial charge >= 0.3 is 0 Å². The molecule has 0 atom stereocenters. The first-order valence-corrected chi connectivity index (χ1v) is 16.4. The molecule has 0 saturated carbocycles. The summed E-state index contributed by atoms with van der Waals surface area (Å²) in [6.45, 7) is 2.16. The van der Waals surface area contributed by atoms with Gasteiger partial charge in [0, 0.05) is 46.6 Å². The molecule has 4 aromatic heterocycles. The minimum absolute atomic E-state index is 1.08. The summed E-state index contributed by atoms with van der Waals surface area (Å²) >= 11 is 3.56. The number of hydrogen-bond donors (Lipinski definition) is 2. The summed E-state index contributed by atoms with van der Waals surface area (Å²) in [5.41, 5.74) is 8.48. The van der Waals surface area contributed by atoms with Crippen molar-refractivity contribution in [1.82, 2.24) is 9.97 Å². The van der Waals surface area contributed by atoms with Gasteiger partial charge < -0.3 is 10.6 Å². The largest absolute Gasteiger partial charge is 0.384 e. The zero-order valence-electron chi connectivity index (χ0n) is 22.0. The first-order valence-electron chi connectivity index (χ1n) is 14.6. The predicted octanol–water partition coefficient (Wildman–Crippen LogP) is 8.92. The number of aryl methyl sites for hydroxylation is 2. The summed E-state index contributed by atoms with van der Waals surface area (Å²) in [6.07, 6.45) is 19.1. The Morgan fingerprint density at radius 3 is 1.49 bits per heavy atom. The summed E-state index contributed by atoms with van der Waals surface area (Å²) in [4.78, 5) is 12.3. The highest BCUT2D eigenvalue weighted by atomic mass is 32.1. The second kappa shape index (κ2) is 12.1. The van der Waals surface area contributed by atoms with Crippen molar-refractivity contribution >= 4 is 54.5 Å². The van der Waals surface area contributed by atoms with E-state index in [2.05, 4.69) is 33.5 Å². The fourth-order valence-electron chi connectivity index (χ4n) is 6.26. The second-order valence-corrected chi connectivity index (χ2v) is 12.6. The van der Waals surface area contributed by atoms with E-state index < -0.39 is 0 Å². The highest BCUT2D eigenvalue weighted by molar-refractivity contribution is 7.17. The first kappa shape index (κ1) is 25.1. The molecule has 0 aliphatic heterocycles. The van der Waals surface area contributed by atoms with Crippen LogP contribution in [0.25, 0.3) is 20.4 Å². The van der Waals surface area contributed by atoms with Crippen molar-refractivity contribution in [3.05, 3.63) is 45.4 Å². The summed E-state index contributed by atoms with van der Waals surface area (Å²) in [6, 6.07) is 4.51. The van der Waals surface area contributed by atoms with Gasteiger partial charge in [-0.15, -0.1) is 22.7 Å². The average molecular weight is 533 g/mol. The molecule has 0 aromatic carbocycles. The van der Waals surface area contributed by atoms with Crippen LogP contribution in [0.1, 0.15) is 93.1 Å². The zero-order chi connectivity index (χ0) is 24.9. The molecule has 196 valence electrons. The summed E-state index contributed by atoms with van der Waals surface area (Å²) in [5.74, 6) is 0. The maximum Gasteiger partial charge on any atom is 0.125 e. The number of anilines is 2. The smallest absolute Gasteiger partial charge is 0.125 e. The number of pyridine rings is 2. The van der Waals surface area contributed by atoms with Crippen LogP contribution in [0.2, 0.25) is 0 Å². The van der Waals surface area contributed by atoms with E-state index >= 15 is 0 Å². The Balaban J connectivity index is 0.891. The lowest BCUT2D eigenvalue weighted by molar-refractivity contribution is 0.591. The van der Waals surface area contributed by atoms with E-state index in [0.717, 1.165) is 25.9 Å². The van der Waals surface area contributed by atoms with Crippen LogP contribution >= 0.6 is 22.7 Å². The van der Waals surface area contributed by atoms with Crippen LogP contribution in [0, 0.1) is 0 Å². The van der Waals surface area contributed by atoms with Crippen LogP contribution in [0.15, 0.2) is 22.9 Å². The Bertz CT molecular complexity index is 1240. The third-order valence-corrected chi connectivity index (χ3v) is 9.85. The molecular weight excluding hydrogens is 493 g/mol. The molecule has 2 aliphatic rings. The molecule has 6 rings (SSSR count). The van der Waals surface area contributed by atoms with Crippen molar-refractivity contribution in [1.29, 1.82) is 0 Å². The normalized spacial score (nSPS) is 15.1. The Morgan fingerprint density at radius 1 is 0.568 bits per heavy atom. The Hall–Kier alpha value is -2.18. The van der Waals surface area contributed by atoms with Crippen molar-refractivity contribution in [2.24, 2.45) is 0 Å². The van der Waals surface area contributed by atoms with E-state index in [-0.39, 0.29) is 0 Å². The lowest BCUT2D eigenvalue weighted by atomic mass is 9.93. The maximum atomic E-state index is 4.95. The second-order valence-electron chi connectivity index (χ2n) is 10.8. The molecule has 2 N–H and O–H groups in total. The Morgan fingerprint density at radius 2 is 1.00 bits per heavy atom. The van der Waals surface area contributed by atoms with Crippen molar-refractivity contribution in [3.63, 3.8) is 0 Å². The molecule has 0 radical (unpaired) electrons. The van der Waals surface area contributed by atoms with E-state index in [1.54, 1.807) is 22.7 Å². The van der Waals surface area contributed by atoms with Crippen LogP contribution in [0.4, 0.5) is 11.4 Å². The molecule has 0 unspecified atom stereocenters. The predicted molar refractivity (Wildman–Crippen MR) is 162 cm³/mol. The standard InChI is InChI=1S/C31H40N4S2/c1(2-4-10-18-32-28-22-12-6-8-14-26(22)34-30-24(28)16-20-36-30)3-5-11-19-33-29-23-13-7-9-15-27(23)35-31-25(29)17-21-37-31/h16-17,20-21H,1-15,18-19H2,(H,32,34)(H,33,35). The van der Waals surface area contributed by atoms with Gasteiger partial charge in [-0.25, -0.2) is 9.97 Å². The van der Waals surface area contributed by atoms with E-state index in [9.17, 15) is 0 Å². The number of hydrogen-bond acceptors (Lipinski definition) is 6. The minimum Gasteiger partial charge on any atom is -0.384 e. The summed E-state index contributed by atoms with van der Waals surface area (Å²) in [7, 11) is 0. The van der Waals surface area contributed by atoms with Gasteiger partial charge in [0.15, 0.2) is 0 Å². The Labute approximate surface area is 229 Å². The van der Waals surface area contributed by atoms with Gasteiger partial charge in [-0.05, 0) is 98.2 Å². The number of nitrogens with zero attached hydrogens (tertiary/aromatic N) is 2. The molecule has 0 saturated heterocycles.